The van der Waals surface area contributed by atoms with Gasteiger partial charge in [0.15, 0.2) is 0 Å². The van der Waals surface area contributed by atoms with E-state index < -0.39 is 6.09 Å². The van der Waals surface area contributed by atoms with Gasteiger partial charge in [0.25, 0.3) is 0 Å². The van der Waals surface area contributed by atoms with Crippen LogP contribution in [-0.2, 0) is 6.42 Å². The highest BCUT2D eigenvalue weighted by atomic mass is 16.5. The molecule has 2 N–H and O–H groups in total. The Morgan fingerprint density at radius 3 is 2.77 bits per heavy atom. The molecule has 0 aromatic heterocycles. The number of nitrogens with one attached hydrogen (secondary N) is 1. The number of ether oxygens (including phenoxy) is 1. The first-order valence-corrected chi connectivity index (χ1v) is 7.46. The lowest BCUT2D eigenvalue weighted by molar-refractivity contribution is 0.188. The molecule has 0 fully saturated rings. The first kappa shape index (κ1) is 14.4. The zero-order valence-electron chi connectivity index (χ0n) is 12.5. The number of hydrogen-bond acceptors (Lipinski definition) is 2. The quantitative estimate of drug-likeness (QED) is 0.906. The third-order valence-corrected chi connectivity index (χ3v) is 4.01. The van der Waals surface area contributed by atoms with Gasteiger partial charge in [-0.3, -0.25) is 0 Å². The number of carboxylic acid groups (broad SMARTS) is 1. The van der Waals surface area contributed by atoms with Crippen LogP contribution in [0.3, 0.4) is 0 Å². The number of para-hydroxylation sites is 1. The fourth-order valence-electron chi connectivity index (χ4n) is 2.93. The molecule has 2 aromatic carbocycles. The van der Waals surface area contributed by atoms with Crippen LogP contribution in [0.1, 0.15) is 17.5 Å². The summed E-state index contributed by atoms with van der Waals surface area (Å²) in [6.07, 6.45) is 0.549. The highest BCUT2D eigenvalue weighted by molar-refractivity contribution is 5.75. The molecule has 3 rings (SSSR count). The summed E-state index contributed by atoms with van der Waals surface area (Å²) in [6.45, 7) is 2.51. The van der Waals surface area contributed by atoms with E-state index in [9.17, 15) is 4.79 Å². The topological polar surface area (TPSA) is 58.6 Å². The second-order valence-electron chi connectivity index (χ2n) is 5.57. The Hall–Kier alpha value is -2.49. The lowest BCUT2D eigenvalue weighted by Crippen LogP contribution is -2.26. The summed E-state index contributed by atoms with van der Waals surface area (Å²) in [5, 5.41) is 11.0. The predicted molar refractivity (Wildman–Crippen MR) is 85.4 cm³/mol. The highest BCUT2D eigenvalue weighted by Crippen LogP contribution is 2.40. The van der Waals surface area contributed by atoms with Crippen molar-refractivity contribution in [1.29, 1.82) is 0 Å². The average molecular weight is 297 g/mol. The second kappa shape index (κ2) is 6.10. The van der Waals surface area contributed by atoms with E-state index in [0.717, 1.165) is 17.7 Å². The normalized spacial score (nSPS) is 16.0. The van der Waals surface area contributed by atoms with Crippen LogP contribution in [0.25, 0.3) is 11.1 Å². The highest BCUT2D eigenvalue weighted by Gasteiger charge is 2.25. The van der Waals surface area contributed by atoms with Crippen molar-refractivity contribution in [3.63, 3.8) is 0 Å². The van der Waals surface area contributed by atoms with Crippen molar-refractivity contribution in [3.8, 4) is 16.9 Å². The molecule has 1 atom stereocenters. The molecule has 4 nitrogen and oxygen atoms in total. The lowest BCUT2D eigenvalue weighted by Gasteiger charge is -2.13. The fourth-order valence-corrected chi connectivity index (χ4v) is 2.93. The largest absolute Gasteiger partial charge is 0.489 e. The van der Waals surface area contributed by atoms with Crippen molar-refractivity contribution in [1.82, 2.24) is 5.32 Å². The molecule has 1 unspecified atom stereocenters. The molecule has 2 aromatic rings. The molecule has 1 heterocycles. The summed E-state index contributed by atoms with van der Waals surface area (Å²) in [6, 6.07) is 14.5. The maximum atomic E-state index is 10.5. The van der Waals surface area contributed by atoms with Crippen molar-refractivity contribution < 1.29 is 14.6 Å². The van der Waals surface area contributed by atoms with Gasteiger partial charge < -0.3 is 15.2 Å². The molecule has 114 valence electrons. The number of aryl methyl sites for hydroxylation is 1. The predicted octanol–water partition coefficient (Wildman–Crippen LogP) is 3.62. The van der Waals surface area contributed by atoms with Gasteiger partial charge in [-0.25, -0.2) is 4.79 Å². The molecule has 0 aliphatic carbocycles. The minimum atomic E-state index is -0.990. The first-order chi connectivity index (χ1) is 10.6. The van der Waals surface area contributed by atoms with Crippen LogP contribution in [0.2, 0.25) is 0 Å². The fraction of sp³-hybridized carbons (Fsp3) is 0.278. The Morgan fingerprint density at radius 2 is 2.00 bits per heavy atom. The van der Waals surface area contributed by atoms with Crippen LogP contribution in [0, 0.1) is 6.92 Å². The van der Waals surface area contributed by atoms with Gasteiger partial charge in [0, 0.05) is 24.9 Å². The van der Waals surface area contributed by atoms with Gasteiger partial charge in [-0.05, 0) is 23.6 Å². The Labute approximate surface area is 129 Å². The van der Waals surface area contributed by atoms with Crippen LogP contribution < -0.4 is 10.1 Å². The maximum absolute atomic E-state index is 10.5. The van der Waals surface area contributed by atoms with E-state index in [-0.39, 0.29) is 6.10 Å². The monoisotopic (exact) mass is 297 g/mol. The first-order valence-electron chi connectivity index (χ1n) is 7.46. The number of benzene rings is 2. The van der Waals surface area contributed by atoms with E-state index >= 15 is 0 Å². The number of carbonyl (C=O) groups is 1. The third-order valence-electron chi connectivity index (χ3n) is 4.01. The van der Waals surface area contributed by atoms with Crippen LogP contribution in [0.15, 0.2) is 42.5 Å². The van der Waals surface area contributed by atoms with Crippen molar-refractivity contribution in [2.24, 2.45) is 0 Å². The molecular weight excluding hydrogens is 278 g/mol. The molecular formula is C18H19NO3. The minimum absolute atomic E-state index is 0.0343. The van der Waals surface area contributed by atoms with E-state index in [1.54, 1.807) is 0 Å². The molecule has 0 bridgehead atoms. The Morgan fingerprint density at radius 1 is 1.23 bits per heavy atom. The van der Waals surface area contributed by atoms with E-state index in [1.807, 2.05) is 12.1 Å². The van der Waals surface area contributed by atoms with Gasteiger partial charge >= 0.3 is 6.09 Å². The Kier molecular flexibility index (Phi) is 4.00. The molecule has 0 radical (unpaired) electrons. The van der Waals surface area contributed by atoms with Gasteiger partial charge in [-0.2, -0.15) is 0 Å². The van der Waals surface area contributed by atoms with Gasteiger partial charge in [0.05, 0.1) is 0 Å². The third kappa shape index (κ3) is 2.91. The van der Waals surface area contributed by atoms with Crippen molar-refractivity contribution in [2.75, 3.05) is 6.54 Å². The zero-order chi connectivity index (χ0) is 15.5. The maximum Gasteiger partial charge on any atom is 0.404 e. The molecule has 1 aliphatic heterocycles. The molecule has 0 saturated carbocycles. The van der Waals surface area contributed by atoms with Crippen molar-refractivity contribution >= 4 is 6.09 Å². The molecule has 0 spiro atoms. The van der Waals surface area contributed by atoms with Gasteiger partial charge in [-0.15, -0.1) is 0 Å². The Bertz CT molecular complexity index is 696. The van der Waals surface area contributed by atoms with E-state index in [2.05, 4.69) is 42.6 Å². The summed E-state index contributed by atoms with van der Waals surface area (Å²) < 4.78 is 6.10. The van der Waals surface area contributed by atoms with Gasteiger partial charge in [0.2, 0.25) is 0 Å². The van der Waals surface area contributed by atoms with Crippen molar-refractivity contribution in [3.05, 3.63) is 53.6 Å². The number of rotatable bonds is 4. The lowest BCUT2D eigenvalue weighted by atomic mass is 9.97. The summed E-state index contributed by atoms with van der Waals surface area (Å²) >= 11 is 0. The smallest absolute Gasteiger partial charge is 0.404 e. The zero-order valence-corrected chi connectivity index (χ0v) is 12.5. The minimum Gasteiger partial charge on any atom is -0.489 e. The summed E-state index contributed by atoms with van der Waals surface area (Å²) in [7, 11) is 0. The number of fused-ring (bicyclic) bond motifs is 1. The van der Waals surface area contributed by atoms with Crippen LogP contribution in [0.4, 0.5) is 4.79 Å². The van der Waals surface area contributed by atoms with Gasteiger partial charge in [-0.1, -0.05) is 42.5 Å². The second-order valence-corrected chi connectivity index (χ2v) is 5.57. The number of hydrogen-bond donors (Lipinski definition) is 2. The van der Waals surface area contributed by atoms with E-state index in [4.69, 9.17) is 9.84 Å². The van der Waals surface area contributed by atoms with Gasteiger partial charge in [0.1, 0.15) is 11.9 Å². The van der Waals surface area contributed by atoms with Crippen LogP contribution in [0.5, 0.6) is 5.75 Å². The SMILES string of the molecule is Cc1ccccc1-c1cccc2c1OC(CCNC(=O)O)C2. The average Bonchev–Trinajstić information content (AvgIpc) is 2.90. The molecule has 1 amide bonds. The number of amides is 1. The molecule has 1 aliphatic rings. The summed E-state index contributed by atoms with van der Waals surface area (Å²) in [5.41, 5.74) is 4.71. The molecule has 22 heavy (non-hydrogen) atoms. The summed E-state index contributed by atoms with van der Waals surface area (Å²) in [4.78, 5) is 10.5. The van der Waals surface area contributed by atoms with E-state index in [0.29, 0.717) is 13.0 Å². The molecule has 4 heteroatoms. The van der Waals surface area contributed by atoms with Crippen LogP contribution in [-0.4, -0.2) is 23.8 Å². The van der Waals surface area contributed by atoms with E-state index in [1.165, 1.54) is 16.7 Å². The standard InChI is InChI=1S/C18H19NO3/c1-12-5-2-3-7-15(12)16-8-4-6-13-11-14(22-17(13)16)9-10-19-18(20)21/h2-8,14,19H,9-11H2,1H3,(H,20,21). The Balaban J connectivity index is 1.80. The van der Waals surface area contributed by atoms with Crippen LogP contribution >= 0.6 is 0 Å². The van der Waals surface area contributed by atoms with Crippen molar-refractivity contribution in [2.45, 2.75) is 25.9 Å². The summed E-state index contributed by atoms with van der Waals surface area (Å²) in [5.74, 6) is 0.942. The molecule has 0 saturated heterocycles.